The molecule has 0 saturated heterocycles. The lowest BCUT2D eigenvalue weighted by molar-refractivity contribution is -0.118. The van der Waals surface area contributed by atoms with Crippen LogP contribution in [-0.4, -0.2) is 34.3 Å². The summed E-state index contributed by atoms with van der Waals surface area (Å²) in [5.41, 5.74) is 2.85. The average Bonchev–Trinajstić information content (AvgIpc) is 3.21. The molecule has 3 aromatic rings. The first-order valence-corrected chi connectivity index (χ1v) is 8.98. The van der Waals surface area contributed by atoms with Gasteiger partial charge in [-0.25, -0.2) is 10.1 Å². The van der Waals surface area contributed by atoms with Crippen molar-refractivity contribution in [2.45, 2.75) is 20.4 Å². The number of nitrogens with one attached hydrogen (secondary N) is 3. The maximum atomic E-state index is 12.1. The number of benzene rings is 2. The number of amides is 1. The Balaban J connectivity index is 1.58. The number of hydrogen-bond donors (Lipinski definition) is 3. The highest BCUT2D eigenvalue weighted by Crippen LogP contribution is 2.28. The molecule has 1 amide bonds. The van der Waals surface area contributed by atoms with E-state index in [0.717, 1.165) is 16.8 Å². The number of ether oxygens (including phenoxy) is 2. The van der Waals surface area contributed by atoms with Crippen molar-refractivity contribution >= 4 is 17.5 Å². The van der Waals surface area contributed by atoms with Gasteiger partial charge in [0.1, 0.15) is 6.33 Å². The normalized spacial score (nSPS) is 10.4. The molecule has 0 spiro atoms. The quantitative estimate of drug-likeness (QED) is 0.526. The smallest absolute Gasteiger partial charge is 0.262 e. The Bertz CT molecular complexity index is 895. The van der Waals surface area contributed by atoms with Gasteiger partial charge in [-0.1, -0.05) is 23.8 Å². The number of hydrogen-bond acceptors (Lipinski definition) is 6. The van der Waals surface area contributed by atoms with Gasteiger partial charge in [0.05, 0.1) is 6.61 Å². The molecule has 0 aliphatic carbocycles. The number of nitrogens with zero attached hydrogens (tertiary/aromatic N) is 2. The predicted octanol–water partition coefficient (Wildman–Crippen LogP) is 3.14. The van der Waals surface area contributed by atoms with Crippen LogP contribution in [0.3, 0.4) is 0 Å². The summed E-state index contributed by atoms with van der Waals surface area (Å²) in [4.78, 5) is 16.2. The van der Waals surface area contributed by atoms with Gasteiger partial charge in [-0.15, -0.1) is 0 Å². The molecule has 3 rings (SSSR count). The van der Waals surface area contributed by atoms with Gasteiger partial charge < -0.3 is 20.1 Å². The zero-order valence-corrected chi connectivity index (χ0v) is 15.9. The van der Waals surface area contributed by atoms with Crippen LogP contribution in [0.4, 0.5) is 11.6 Å². The predicted molar refractivity (Wildman–Crippen MR) is 107 cm³/mol. The fourth-order valence-electron chi connectivity index (χ4n) is 2.50. The Hall–Kier alpha value is -3.55. The standard InChI is InChI=1S/C20H23N5O3/c1-3-27-18-10-15(11-21-20-22-13-23-25-20)6-9-17(18)28-12-19(26)24-16-7-4-14(2)5-8-16/h4-10,13H,3,11-12H2,1-2H3,(H,24,26)(H2,21,22,23,25). The van der Waals surface area contributed by atoms with Crippen LogP contribution in [0.25, 0.3) is 0 Å². The number of carbonyl (C=O) groups excluding carboxylic acids is 1. The number of rotatable bonds is 9. The van der Waals surface area contributed by atoms with E-state index in [0.29, 0.717) is 30.6 Å². The number of aromatic amines is 1. The molecule has 0 fully saturated rings. The molecule has 146 valence electrons. The van der Waals surface area contributed by atoms with E-state index in [9.17, 15) is 4.79 Å². The van der Waals surface area contributed by atoms with Crippen LogP contribution >= 0.6 is 0 Å². The number of carbonyl (C=O) groups is 1. The molecule has 0 aliphatic heterocycles. The van der Waals surface area contributed by atoms with E-state index in [1.54, 1.807) is 6.07 Å². The summed E-state index contributed by atoms with van der Waals surface area (Å²) in [6.45, 7) is 4.82. The van der Waals surface area contributed by atoms with E-state index < -0.39 is 0 Å². The van der Waals surface area contributed by atoms with Crippen LogP contribution in [0.5, 0.6) is 11.5 Å². The van der Waals surface area contributed by atoms with Crippen molar-refractivity contribution in [3.63, 3.8) is 0 Å². The fourth-order valence-corrected chi connectivity index (χ4v) is 2.50. The van der Waals surface area contributed by atoms with Crippen LogP contribution < -0.4 is 20.1 Å². The highest BCUT2D eigenvalue weighted by Gasteiger charge is 2.10. The molecule has 0 radical (unpaired) electrons. The van der Waals surface area contributed by atoms with Gasteiger partial charge >= 0.3 is 0 Å². The van der Waals surface area contributed by atoms with E-state index in [-0.39, 0.29) is 12.5 Å². The Morgan fingerprint density at radius 3 is 2.64 bits per heavy atom. The van der Waals surface area contributed by atoms with Crippen LogP contribution in [0.15, 0.2) is 48.8 Å². The van der Waals surface area contributed by atoms with Crippen molar-refractivity contribution in [1.82, 2.24) is 15.2 Å². The molecule has 28 heavy (non-hydrogen) atoms. The molecule has 1 heterocycles. The van der Waals surface area contributed by atoms with Crippen molar-refractivity contribution in [3.05, 3.63) is 59.9 Å². The summed E-state index contributed by atoms with van der Waals surface area (Å²) in [6, 6.07) is 13.2. The lowest BCUT2D eigenvalue weighted by atomic mass is 10.2. The molecule has 1 aromatic heterocycles. The maximum Gasteiger partial charge on any atom is 0.262 e. The second-order valence-corrected chi connectivity index (χ2v) is 6.10. The van der Waals surface area contributed by atoms with Crippen molar-refractivity contribution in [3.8, 4) is 11.5 Å². The van der Waals surface area contributed by atoms with E-state index in [4.69, 9.17) is 9.47 Å². The van der Waals surface area contributed by atoms with Crippen LogP contribution in [0, 0.1) is 6.92 Å². The summed E-state index contributed by atoms with van der Waals surface area (Å²) < 4.78 is 11.3. The second kappa shape index (κ2) is 9.40. The van der Waals surface area contributed by atoms with Gasteiger partial charge in [0.15, 0.2) is 18.1 Å². The van der Waals surface area contributed by atoms with Crippen molar-refractivity contribution in [2.24, 2.45) is 0 Å². The number of H-pyrrole nitrogens is 1. The number of aryl methyl sites for hydroxylation is 1. The summed E-state index contributed by atoms with van der Waals surface area (Å²) >= 11 is 0. The monoisotopic (exact) mass is 381 g/mol. The van der Waals surface area contributed by atoms with Crippen LogP contribution in [0.1, 0.15) is 18.1 Å². The Morgan fingerprint density at radius 1 is 1.11 bits per heavy atom. The van der Waals surface area contributed by atoms with E-state index >= 15 is 0 Å². The third kappa shape index (κ3) is 5.47. The average molecular weight is 381 g/mol. The van der Waals surface area contributed by atoms with E-state index in [2.05, 4.69) is 25.8 Å². The minimum atomic E-state index is -0.234. The Kier molecular flexibility index (Phi) is 6.46. The van der Waals surface area contributed by atoms with Gasteiger partial charge in [-0.2, -0.15) is 5.10 Å². The van der Waals surface area contributed by atoms with Gasteiger partial charge in [-0.05, 0) is 43.7 Å². The highest BCUT2D eigenvalue weighted by atomic mass is 16.5. The maximum absolute atomic E-state index is 12.1. The molecule has 0 atom stereocenters. The zero-order chi connectivity index (χ0) is 19.8. The Morgan fingerprint density at radius 2 is 1.93 bits per heavy atom. The zero-order valence-electron chi connectivity index (χ0n) is 15.9. The molecule has 8 nitrogen and oxygen atoms in total. The Labute approximate surface area is 163 Å². The molecule has 3 N–H and O–H groups in total. The minimum Gasteiger partial charge on any atom is -0.490 e. The van der Waals surface area contributed by atoms with Crippen LogP contribution in [-0.2, 0) is 11.3 Å². The highest BCUT2D eigenvalue weighted by molar-refractivity contribution is 5.91. The summed E-state index contributed by atoms with van der Waals surface area (Å²) in [7, 11) is 0. The first-order valence-electron chi connectivity index (χ1n) is 8.98. The van der Waals surface area contributed by atoms with Gasteiger partial charge in [0, 0.05) is 12.2 Å². The number of anilines is 2. The largest absolute Gasteiger partial charge is 0.490 e. The summed E-state index contributed by atoms with van der Waals surface area (Å²) in [5.74, 6) is 1.46. The second-order valence-electron chi connectivity index (χ2n) is 6.10. The van der Waals surface area contributed by atoms with Crippen molar-refractivity contribution < 1.29 is 14.3 Å². The molecule has 0 saturated carbocycles. The SMILES string of the molecule is CCOc1cc(CNc2ncn[nH]2)ccc1OCC(=O)Nc1ccc(C)cc1. The summed E-state index contributed by atoms with van der Waals surface area (Å²) in [5, 5.41) is 12.5. The topological polar surface area (TPSA) is 101 Å². The number of aromatic nitrogens is 3. The third-order valence-corrected chi connectivity index (χ3v) is 3.88. The lowest BCUT2D eigenvalue weighted by Gasteiger charge is -2.14. The molecule has 0 unspecified atom stereocenters. The third-order valence-electron chi connectivity index (χ3n) is 3.88. The summed E-state index contributed by atoms with van der Waals surface area (Å²) in [6.07, 6.45) is 1.44. The van der Waals surface area contributed by atoms with E-state index in [1.807, 2.05) is 50.2 Å². The first-order chi connectivity index (χ1) is 13.6. The first kappa shape index (κ1) is 19.2. The van der Waals surface area contributed by atoms with Crippen molar-refractivity contribution in [1.29, 1.82) is 0 Å². The fraction of sp³-hybridized carbons (Fsp3) is 0.250. The minimum absolute atomic E-state index is 0.108. The van der Waals surface area contributed by atoms with Gasteiger partial charge in [0.2, 0.25) is 5.95 Å². The van der Waals surface area contributed by atoms with Gasteiger partial charge in [-0.3, -0.25) is 4.79 Å². The lowest BCUT2D eigenvalue weighted by Crippen LogP contribution is -2.20. The van der Waals surface area contributed by atoms with Crippen LogP contribution in [0.2, 0.25) is 0 Å². The molecule has 0 bridgehead atoms. The molecular weight excluding hydrogens is 358 g/mol. The molecular formula is C20H23N5O3. The molecule has 0 aliphatic rings. The molecule has 2 aromatic carbocycles. The van der Waals surface area contributed by atoms with Crippen molar-refractivity contribution in [2.75, 3.05) is 23.8 Å². The molecule has 8 heteroatoms. The van der Waals surface area contributed by atoms with E-state index in [1.165, 1.54) is 6.33 Å². The van der Waals surface area contributed by atoms with Gasteiger partial charge in [0.25, 0.3) is 5.91 Å².